The van der Waals surface area contributed by atoms with Crippen molar-refractivity contribution in [3.63, 3.8) is 0 Å². The summed E-state index contributed by atoms with van der Waals surface area (Å²) in [4.78, 5) is 14.4. The normalized spacial score (nSPS) is 21.4. The van der Waals surface area contributed by atoms with Gasteiger partial charge >= 0.3 is 0 Å². The van der Waals surface area contributed by atoms with Gasteiger partial charge in [-0.3, -0.25) is 4.79 Å². The molecule has 0 saturated carbocycles. The Bertz CT molecular complexity index is 706. The van der Waals surface area contributed by atoms with Gasteiger partial charge in [-0.1, -0.05) is 49.7 Å². The molecule has 1 aliphatic rings. The second-order valence-electron chi connectivity index (χ2n) is 6.62. The van der Waals surface area contributed by atoms with Gasteiger partial charge in [0, 0.05) is 28.9 Å². The number of nitrogens with zero attached hydrogens (tertiary/aromatic N) is 1. The summed E-state index contributed by atoms with van der Waals surface area (Å²) in [5.41, 5.74) is 0. The third-order valence-electron chi connectivity index (χ3n) is 4.40. The van der Waals surface area contributed by atoms with E-state index in [0.717, 1.165) is 23.9 Å². The molecule has 0 radical (unpaired) electrons. The number of piperidine rings is 1. The Hall–Kier alpha value is -1.74. The Morgan fingerprint density at radius 1 is 1.13 bits per heavy atom. The average molecular weight is 332 g/mol. The summed E-state index contributed by atoms with van der Waals surface area (Å²) in [6.07, 6.45) is 1.19. The van der Waals surface area contributed by atoms with Crippen molar-refractivity contribution in [2.75, 3.05) is 19.7 Å². The lowest BCUT2D eigenvalue weighted by Crippen LogP contribution is -2.44. The Labute approximate surface area is 142 Å². The molecule has 2 aromatic carbocycles. The first kappa shape index (κ1) is 16.1. The van der Waals surface area contributed by atoms with Crippen molar-refractivity contribution in [1.82, 2.24) is 4.90 Å². The standard InChI is InChI=1S/C19H22ClNO2/c1-13-9-14(2)11-21(10-13)19(22)12-23-18-8-7-17(20)15-5-3-4-6-16(15)18/h3-8,13-14H,9-12H2,1-2H3/t13-,14-/m0/s1. The van der Waals surface area contributed by atoms with Crippen LogP contribution in [0.25, 0.3) is 10.8 Å². The summed E-state index contributed by atoms with van der Waals surface area (Å²) < 4.78 is 5.81. The van der Waals surface area contributed by atoms with Crippen LogP contribution in [0.1, 0.15) is 20.3 Å². The highest BCUT2D eigenvalue weighted by Gasteiger charge is 2.25. The molecule has 1 aliphatic heterocycles. The molecule has 3 nitrogen and oxygen atoms in total. The molecule has 0 aliphatic carbocycles. The second-order valence-corrected chi connectivity index (χ2v) is 7.03. The minimum Gasteiger partial charge on any atom is -0.483 e. The zero-order valence-electron chi connectivity index (χ0n) is 13.6. The molecule has 1 heterocycles. The lowest BCUT2D eigenvalue weighted by atomic mass is 9.92. The number of amides is 1. The lowest BCUT2D eigenvalue weighted by molar-refractivity contribution is -0.136. The molecule has 0 spiro atoms. The molecule has 23 heavy (non-hydrogen) atoms. The first-order chi connectivity index (χ1) is 11.0. The fourth-order valence-electron chi connectivity index (χ4n) is 3.46. The molecule has 1 amide bonds. The van der Waals surface area contributed by atoms with Crippen molar-refractivity contribution in [2.24, 2.45) is 11.8 Å². The quantitative estimate of drug-likeness (QED) is 0.835. The third-order valence-corrected chi connectivity index (χ3v) is 4.73. The molecule has 2 atom stereocenters. The summed E-state index contributed by atoms with van der Waals surface area (Å²) in [5, 5.41) is 2.57. The van der Waals surface area contributed by atoms with E-state index in [2.05, 4.69) is 13.8 Å². The van der Waals surface area contributed by atoms with Crippen molar-refractivity contribution >= 4 is 28.3 Å². The molecule has 1 saturated heterocycles. The van der Waals surface area contributed by atoms with E-state index in [1.165, 1.54) is 6.42 Å². The number of halogens is 1. The number of hydrogen-bond donors (Lipinski definition) is 0. The Kier molecular flexibility index (Phi) is 4.76. The summed E-state index contributed by atoms with van der Waals surface area (Å²) in [5.74, 6) is 1.87. The number of hydrogen-bond acceptors (Lipinski definition) is 2. The zero-order valence-corrected chi connectivity index (χ0v) is 14.3. The van der Waals surface area contributed by atoms with Crippen molar-refractivity contribution < 1.29 is 9.53 Å². The van der Waals surface area contributed by atoms with Crippen molar-refractivity contribution in [3.05, 3.63) is 41.4 Å². The van der Waals surface area contributed by atoms with Crippen molar-refractivity contribution in [1.29, 1.82) is 0 Å². The monoisotopic (exact) mass is 331 g/mol. The average Bonchev–Trinajstić information content (AvgIpc) is 2.53. The van der Waals surface area contributed by atoms with Crippen LogP contribution in [-0.2, 0) is 4.79 Å². The zero-order chi connectivity index (χ0) is 16.4. The van der Waals surface area contributed by atoms with Crippen LogP contribution in [0.15, 0.2) is 36.4 Å². The fourth-order valence-corrected chi connectivity index (χ4v) is 3.69. The van der Waals surface area contributed by atoms with E-state index >= 15 is 0 Å². The first-order valence-corrected chi connectivity index (χ1v) is 8.50. The van der Waals surface area contributed by atoms with Gasteiger partial charge in [0.2, 0.25) is 0 Å². The number of benzene rings is 2. The summed E-state index contributed by atoms with van der Waals surface area (Å²) in [6, 6.07) is 11.5. The predicted octanol–water partition coefficient (Wildman–Crippen LogP) is 4.38. The van der Waals surface area contributed by atoms with Gasteiger partial charge in [0.1, 0.15) is 5.75 Å². The molecule has 0 N–H and O–H groups in total. The molecule has 4 heteroatoms. The van der Waals surface area contributed by atoms with Gasteiger partial charge < -0.3 is 9.64 Å². The minimum absolute atomic E-state index is 0.0578. The summed E-state index contributed by atoms with van der Waals surface area (Å²) in [7, 11) is 0. The van der Waals surface area contributed by atoms with Gasteiger partial charge in [0.15, 0.2) is 6.61 Å². The summed E-state index contributed by atoms with van der Waals surface area (Å²) >= 11 is 6.21. The molecule has 3 rings (SSSR count). The maximum atomic E-state index is 12.4. The van der Waals surface area contributed by atoms with Crippen LogP contribution in [0.4, 0.5) is 0 Å². The SMILES string of the molecule is C[C@H]1C[C@H](C)CN(C(=O)COc2ccc(Cl)c3ccccc23)C1. The van der Waals surface area contributed by atoms with E-state index in [9.17, 15) is 4.79 Å². The van der Waals surface area contributed by atoms with Gasteiger partial charge in [-0.05, 0) is 30.4 Å². The van der Waals surface area contributed by atoms with Crippen molar-refractivity contribution in [2.45, 2.75) is 20.3 Å². The maximum absolute atomic E-state index is 12.4. The van der Waals surface area contributed by atoms with Gasteiger partial charge in [-0.25, -0.2) is 0 Å². The highest BCUT2D eigenvalue weighted by molar-refractivity contribution is 6.35. The first-order valence-electron chi connectivity index (χ1n) is 8.12. The third kappa shape index (κ3) is 3.61. The Morgan fingerprint density at radius 2 is 1.78 bits per heavy atom. The van der Waals surface area contributed by atoms with Crippen LogP contribution in [0.5, 0.6) is 5.75 Å². The fraction of sp³-hybridized carbons (Fsp3) is 0.421. The van der Waals surface area contributed by atoms with Crippen LogP contribution >= 0.6 is 11.6 Å². The number of ether oxygens (including phenoxy) is 1. The number of carbonyl (C=O) groups is 1. The van der Waals surface area contributed by atoms with E-state index in [-0.39, 0.29) is 12.5 Å². The van der Waals surface area contributed by atoms with Crippen molar-refractivity contribution in [3.8, 4) is 5.75 Å². The molecule has 0 aromatic heterocycles. The largest absolute Gasteiger partial charge is 0.483 e. The second kappa shape index (κ2) is 6.79. The van der Waals surface area contributed by atoms with Crippen LogP contribution in [0.3, 0.4) is 0 Å². The molecular weight excluding hydrogens is 310 g/mol. The predicted molar refractivity (Wildman–Crippen MR) is 94.0 cm³/mol. The number of rotatable bonds is 3. The number of likely N-dealkylation sites (tertiary alicyclic amines) is 1. The van der Waals surface area contributed by atoms with Crippen LogP contribution in [0, 0.1) is 11.8 Å². The van der Waals surface area contributed by atoms with E-state index in [1.54, 1.807) is 0 Å². The molecule has 1 fully saturated rings. The maximum Gasteiger partial charge on any atom is 0.260 e. The molecule has 0 unspecified atom stereocenters. The highest BCUT2D eigenvalue weighted by atomic mass is 35.5. The smallest absolute Gasteiger partial charge is 0.260 e. The highest BCUT2D eigenvalue weighted by Crippen LogP contribution is 2.31. The Balaban J connectivity index is 1.71. The van der Waals surface area contributed by atoms with E-state index in [1.807, 2.05) is 41.3 Å². The molecule has 122 valence electrons. The van der Waals surface area contributed by atoms with Crippen LogP contribution in [0.2, 0.25) is 5.02 Å². The van der Waals surface area contributed by atoms with E-state index in [0.29, 0.717) is 22.6 Å². The Morgan fingerprint density at radius 3 is 2.48 bits per heavy atom. The number of fused-ring (bicyclic) bond motifs is 1. The number of carbonyl (C=O) groups excluding carboxylic acids is 1. The van der Waals surface area contributed by atoms with Gasteiger partial charge in [0.05, 0.1) is 0 Å². The molecule has 0 bridgehead atoms. The van der Waals surface area contributed by atoms with E-state index in [4.69, 9.17) is 16.3 Å². The van der Waals surface area contributed by atoms with Gasteiger partial charge in [0.25, 0.3) is 5.91 Å². The lowest BCUT2D eigenvalue weighted by Gasteiger charge is -2.34. The van der Waals surface area contributed by atoms with Crippen LogP contribution < -0.4 is 4.74 Å². The van der Waals surface area contributed by atoms with Gasteiger partial charge in [-0.2, -0.15) is 0 Å². The van der Waals surface area contributed by atoms with Crippen LogP contribution in [-0.4, -0.2) is 30.5 Å². The van der Waals surface area contributed by atoms with Gasteiger partial charge in [-0.15, -0.1) is 0 Å². The topological polar surface area (TPSA) is 29.5 Å². The van der Waals surface area contributed by atoms with E-state index < -0.39 is 0 Å². The molecule has 2 aromatic rings. The summed E-state index contributed by atoms with van der Waals surface area (Å²) in [6.45, 7) is 6.12. The minimum atomic E-state index is 0.0578. The molecular formula is C19H22ClNO2.